The van der Waals surface area contributed by atoms with Crippen LogP contribution in [0.1, 0.15) is 45.6 Å². The highest BCUT2D eigenvalue weighted by molar-refractivity contribution is 5.75. The van der Waals surface area contributed by atoms with E-state index in [9.17, 15) is 4.79 Å². The van der Waals surface area contributed by atoms with Gasteiger partial charge in [0.05, 0.1) is 0 Å². The van der Waals surface area contributed by atoms with E-state index in [0.717, 1.165) is 18.4 Å². The molecule has 118 valence electrons. The first kappa shape index (κ1) is 18.0. The molecule has 2 aromatic carbocycles. The van der Waals surface area contributed by atoms with Crippen LogP contribution in [0.3, 0.4) is 0 Å². The van der Waals surface area contributed by atoms with Gasteiger partial charge in [-0.2, -0.15) is 0 Å². The predicted molar refractivity (Wildman–Crippen MR) is 94.6 cm³/mol. The van der Waals surface area contributed by atoms with Crippen LogP contribution in [0.15, 0.2) is 54.6 Å². The molecule has 0 saturated heterocycles. The Kier molecular flexibility index (Phi) is 8.66. The van der Waals surface area contributed by atoms with Crippen molar-refractivity contribution in [2.45, 2.75) is 46.6 Å². The first-order valence-electron chi connectivity index (χ1n) is 8.20. The minimum atomic E-state index is 0.138. The van der Waals surface area contributed by atoms with Gasteiger partial charge in [0.15, 0.2) is 0 Å². The number of carbonyl (C=O) groups is 1. The predicted octanol–water partition coefficient (Wildman–Crippen LogP) is 5.19. The largest absolute Gasteiger partial charge is 0.352 e. The van der Waals surface area contributed by atoms with Crippen molar-refractivity contribution >= 4 is 5.91 Å². The summed E-state index contributed by atoms with van der Waals surface area (Å²) in [6.07, 6.45) is 2.64. The molecular formula is C20H27NO. The van der Waals surface area contributed by atoms with E-state index in [4.69, 9.17) is 0 Å². The Morgan fingerprint density at radius 1 is 0.909 bits per heavy atom. The number of nitrogens with one attached hydrogen (secondary N) is 1. The molecule has 0 heterocycles. The molecule has 0 saturated carbocycles. The van der Waals surface area contributed by atoms with Crippen LogP contribution in [0, 0.1) is 0 Å². The van der Waals surface area contributed by atoms with Crippen molar-refractivity contribution in [3.63, 3.8) is 0 Å². The van der Waals surface area contributed by atoms with Gasteiger partial charge in [-0.3, -0.25) is 4.79 Å². The number of rotatable bonds is 6. The maximum atomic E-state index is 11.6. The van der Waals surface area contributed by atoms with Crippen LogP contribution in [0.25, 0.3) is 11.1 Å². The normalized spacial score (nSPS) is 9.59. The van der Waals surface area contributed by atoms with E-state index in [1.54, 1.807) is 0 Å². The highest BCUT2D eigenvalue weighted by atomic mass is 16.1. The van der Waals surface area contributed by atoms with E-state index < -0.39 is 0 Å². The van der Waals surface area contributed by atoms with Gasteiger partial charge >= 0.3 is 0 Å². The van der Waals surface area contributed by atoms with E-state index in [1.165, 1.54) is 11.1 Å². The molecular weight excluding hydrogens is 270 g/mol. The summed E-state index contributed by atoms with van der Waals surface area (Å²) >= 11 is 0. The Labute approximate surface area is 134 Å². The molecule has 0 aliphatic carbocycles. The van der Waals surface area contributed by atoms with Gasteiger partial charge in [-0.15, -0.1) is 0 Å². The lowest BCUT2D eigenvalue weighted by Crippen LogP contribution is -2.22. The van der Waals surface area contributed by atoms with Gasteiger partial charge in [0.2, 0.25) is 5.91 Å². The summed E-state index contributed by atoms with van der Waals surface area (Å²) in [6, 6.07) is 18.6. The van der Waals surface area contributed by atoms with Crippen LogP contribution in [0.4, 0.5) is 0 Å². The second kappa shape index (κ2) is 10.6. The molecule has 0 radical (unpaired) electrons. The van der Waals surface area contributed by atoms with Crippen LogP contribution in [-0.2, 0) is 11.3 Å². The number of hydrogen-bond donors (Lipinski definition) is 1. The topological polar surface area (TPSA) is 29.1 Å². The maximum Gasteiger partial charge on any atom is 0.220 e. The standard InChI is InChI=1S/C18H21NO.C2H6/c1-2-3-9-18(20)19-14-15-10-12-17(13-11-15)16-7-5-4-6-8-16;1-2/h4-8,10-13H,2-3,9,14H2,1H3,(H,19,20);1-2H3. The minimum absolute atomic E-state index is 0.138. The summed E-state index contributed by atoms with van der Waals surface area (Å²) < 4.78 is 0. The summed E-state index contributed by atoms with van der Waals surface area (Å²) in [5, 5.41) is 2.95. The third kappa shape index (κ3) is 6.13. The lowest BCUT2D eigenvalue weighted by Gasteiger charge is -2.06. The molecule has 0 fully saturated rings. The smallest absolute Gasteiger partial charge is 0.220 e. The van der Waals surface area contributed by atoms with Gasteiger partial charge in [0, 0.05) is 13.0 Å². The molecule has 1 N–H and O–H groups in total. The van der Waals surface area contributed by atoms with Gasteiger partial charge < -0.3 is 5.32 Å². The molecule has 2 nitrogen and oxygen atoms in total. The number of unbranched alkanes of at least 4 members (excludes halogenated alkanes) is 1. The van der Waals surface area contributed by atoms with Crippen molar-refractivity contribution in [1.82, 2.24) is 5.32 Å². The fraction of sp³-hybridized carbons (Fsp3) is 0.350. The maximum absolute atomic E-state index is 11.6. The van der Waals surface area contributed by atoms with Crippen LogP contribution in [0.2, 0.25) is 0 Å². The fourth-order valence-corrected chi connectivity index (χ4v) is 2.07. The highest BCUT2D eigenvalue weighted by Crippen LogP contribution is 2.19. The Morgan fingerprint density at radius 2 is 1.50 bits per heavy atom. The van der Waals surface area contributed by atoms with Gasteiger partial charge in [-0.25, -0.2) is 0 Å². The SMILES string of the molecule is CC.CCCCC(=O)NCc1ccc(-c2ccccc2)cc1. The summed E-state index contributed by atoms with van der Waals surface area (Å²) in [7, 11) is 0. The second-order valence-electron chi connectivity index (χ2n) is 4.94. The number of carbonyl (C=O) groups excluding carboxylic acids is 1. The lowest BCUT2D eigenvalue weighted by atomic mass is 10.0. The lowest BCUT2D eigenvalue weighted by molar-refractivity contribution is -0.121. The van der Waals surface area contributed by atoms with Crippen molar-refractivity contribution in [2.75, 3.05) is 0 Å². The third-order valence-electron chi connectivity index (χ3n) is 3.31. The van der Waals surface area contributed by atoms with E-state index in [2.05, 4.69) is 48.6 Å². The molecule has 0 unspecified atom stereocenters. The molecule has 2 heteroatoms. The van der Waals surface area contributed by atoms with Crippen molar-refractivity contribution in [3.05, 3.63) is 60.2 Å². The van der Waals surface area contributed by atoms with E-state index in [0.29, 0.717) is 13.0 Å². The highest BCUT2D eigenvalue weighted by Gasteiger charge is 2.01. The quantitative estimate of drug-likeness (QED) is 0.781. The average molecular weight is 297 g/mol. The van der Waals surface area contributed by atoms with E-state index in [1.807, 2.05) is 32.0 Å². The Balaban J connectivity index is 0.00000116. The first-order chi connectivity index (χ1) is 10.8. The Bertz CT molecular complexity index is 531. The molecule has 22 heavy (non-hydrogen) atoms. The summed E-state index contributed by atoms with van der Waals surface area (Å²) in [6.45, 7) is 6.70. The first-order valence-corrected chi connectivity index (χ1v) is 8.20. The second-order valence-corrected chi connectivity index (χ2v) is 4.94. The summed E-state index contributed by atoms with van der Waals surface area (Å²) in [4.78, 5) is 11.6. The van der Waals surface area contributed by atoms with Crippen LogP contribution < -0.4 is 5.32 Å². The molecule has 2 aromatic rings. The molecule has 1 amide bonds. The van der Waals surface area contributed by atoms with E-state index in [-0.39, 0.29) is 5.91 Å². The number of benzene rings is 2. The van der Waals surface area contributed by atoms with Gasteiger partial charge in [0.1, 0.15) is 0 Å². The fourth-order valence-electron chi connectivity index (χ4n) is 2.07. The molecule has 0 aromatic heterocycles. The van der Waals surface area contributed by atoms with Crippen LogP contribution in [0.5, 0.6) is 0 Å². The average Bonchev–Trinajstić information content (AvgIpc) is 2.61. The zero-order valence-electron chi connectivity index (χ0n) is 13.9. The molecule has 0 spiro atoms. The number of amides is 1. The van der Waals surface area contributed by atoms with Crippen molar-refractivity contribution in [2.24, 2.45) is 0 Å². The third-order valence-corrected chi connectivity index (χ3v) is 3.31. The van der Waals surface area contributed by atoms with Crippen LogP contribution >= 0.6 is 0 Å². The van der Waals surface area contributed by atoms with Gasteiger partial charge in [0.25, 0.3) is 0 Å². The number of hydrogen-bond acceptors (Lipinski definition) is 1. The van der Waals surface area contributed by atoms with Crippen LogP contribution in [-0.4, -0.2) is 5.91 Å². The monoisotopic (exact) mass is 297 g/mol. The minimum Gasteiger partial charge on any atom is -0.352 e. The van der Waals surface area contributed by atoms with Gasteiger partial charge in [-0.05, 0) is 23.1 Å². The van der Waals surface area contributed by atoms with Crippen molar-refractivity contribution in [3.8, 4) is 11.1 Å². The molecule has 0 aliphatic rings. The summed E-state index contributed by atoms with van der Waals surface area (Å²) in [5.74, 6) is 0.138. The Morgan fingerprint density at radius 3 is 2.09 bits per heavy atom. The molecule has 0 atom stereocenters. The van der Waals surface area contributed by atoms with E-state index >= 15 is 0 Å². The molecule has 0 bridgehead atoms. The zero-order valence-corrected chi connectivity index (χ0v) is 13.9. The Hall–Kier alpha value is -2.09. The zero-order chi connectivity index (χ0) is 16.2. The summed E-state index contributed by atoms with van der Waals surface area (Å²) in [5.41, 5.74) is 3.55. The van der Waals surface area contributed by atoms with Gasteiger partial charge in [-0.1, -0.05) is 81.8 Å². The van der Waals surface area contributed by atoms with Crippen molar-refractivity contribution < 1.29 is 4.79 Å². The molecule has 2 rings (SSSR count). The van der Waals surface area contributed by atoms with Crippen molar-refractivity contribution in [1.29, 1.82) is 0 Å². The molecule has 0 aliphatic heterocycles.